The number of aromatic nitrogens is 2. The molecule has 0 fully saturated rings. The summed E-state index contributed by atoms with van der Waals surface area (Å²) >= 11 is 1.60. The van der Waals surface area contributed by atoms with Crippen molar-refractivity contribution < 1.29 is 4.39 Å². The van der Waals surface area contributed by atoms with E-state index in [0.717, 1.165) is 15.6 Å². The van der Waals surface area contributed by atoms with Gasteiger partial charge in [0, 0.05) is 31.0 Å². The predicted molar refractivity (Wildman–Crippen MR) is 82.3 cm³/mol. The highest BCUT2D eigenvalue weighted by atomic mass is 32.1. The topological polar surface area (TPSA) is 37.8 Å². The zero-order valence-electron chi connectivity index (χ0n) is 11.3. The maximum absolute atomic E-state index is 13.5. The molecule has 3 nitrogen and oxygen atoms in total. The average Bonchev–Trinajstić information content (AvgIpc) is 2.99. The minimum absolute atomic E-state index is 0.182. The van der Waals surface area contributed by atoms with Gasteiger partial charge < -0.3 is 5.32 Å². The number of benzene rings is 1. The zero-order chi connectivity index (χ0) is 14.5. The fraction of sp³-hybridized carbons (Fsp3) is 0.125. The summed E-state index contributed by atoms with van der Waals surface area (Å²) in [5.41, 5.74) is 1.59. The van der Waals surface area contributed by atoms with Crippen molar-refractivity contribution in [3.05, 3.63) is 71.2 Å². The second-order valence-corrected chi connectivity index (χ2v) is 5.64. The SMILES string of the molecule is Fc1ccccc1CNCc1ncc(-c2ccccn2)s1. The summed E-state index contributed by atoms with van der Waals surface area (Å²) in [6.45, 7) is 1.11. The van der Waals surface area contributed by atoms with Crippen LogP contribution in [0.1, 0.15) is 10.6 Å². The lowest BCUT2D eigenvalue weighted by atomic mass is 10.2. The van der Waals surface area contributed by atoms with Gasteiger partial charge in [-0.1, -0.05) is 24.3 Å². The van der Waals surface area contributed by atoms with Gasteiger partial charge in [-0.05, 0) is 18.2 Å². The van der Waals surface area contributed by atoms with E-state index < -0.39 is 0 Å². The van der Waals surface area contributed by atoms with Crippen LogP contribution in [-0.4, -0.2) is 9.97 Å². The standard InChI is InChI=1S/C16H14FN3S/c17-13-6-2-1-5-12(13)9-18-11-16-20-10-15(21-16)14-7-3-4-8-19-14/h1-8,10,18H,9,11H2. The molecule has 0 aliphatic carbocycles. The third kappa shape index (κ3) is 3.51. The quantitative estimate of drug-likeness (QED) is 0.781. The van der Waals surface area contributed by atoms with E-state index in [1.54, 1.807) is 29.7 Å². The van der Waals surface area contributed by atoms with E-state index in [4.69, 9.17) is 0 Å². The summed E-state index contributed by atoms with van der Waals surface area (Å²) < 4.78 is 13.5. The highest BCUT2D eigenvalue weighted by Crippen LogP contribution is 2.23. The number of nitrogens with one attached hydrogen (secondary N) is 1. The van der Waals surface area contributed by atoms with Gasteiger partial charge in [0.2, 0.25) is 0 Å². The Bertz CT molecular complexity index is 712. The first-order valence-electron chi connectivity index (χ1n) is 6.63. The number of pyridine rings is 1. The van der Waals surface area contributed by atoms with Crippen molar-refractivity contribution in [3.63, 3.8) is 0 Å². The van der Waals surface area contributed by atoms with Gasteiger partial charge in [0.15, 0.2) is 0 Å². The summed E-state index contributed by atoms with van der Waals surface area (Å²) in [5.74, 6) is -0.182. The smallest absolute Gasteiger partial charge is 0.127 e. The molecule has 2 aromatic heterocycles. The van der Waals surface area contributed by atoms with Crippen LogP contribution in [0.4, 0.5) is 4.39 Å². The molecule has 21 heavy (non-hydrogen) atoms. The highest BCUT2D eigenvalue weighted by molar-refractivity contribution is 7.15. The maximum atomic E-state index is 13.5. The van der Waals surface area contributed by atoms with Gasteiger partial charge in [0.25, 0.3) is 0 Å². The number of halogens is 1. The Morgan fingerprint density at radius 3 is 2.67 bits per heavy atom. The second-order valence-electron chi connectivity index (χ2n) is 4.53. The number of hydrogen-bond donors (Lipinski definition) is 1. The van der Waals surface area contributed by atoms with E-state index in [0.29, 0.717) is 18.7 Å². The molecule has 0 aliphatic rings. The normalized spacial score (nSPS) is 10.7. The molecule has 3 rings (SSSR count). The number of thiazole rings is 1. The van der Waals surface area contributed by atoms with Crippen molar-refractivity contribution in [3.8, 4) is 10.6 Å². The molecular formula is C16H14FN3S. The third-order valence-electron chi connectivity index (χ3n) is 3.02. The third-order valence-corrected chi connectivity index (χ3v) is 4.04. The van der Waals surface area contributed by atoms with Gasteiger partial charge in [-0.2, -0.15) is 0 Å². The maximum Gasteiger partial charge on any atom is 0.127 e. The lowest BCUT2D eigenvalue weighted by Gasteiger charge is -2.03. The molecule has 0 bridgehead atoms. The molecule has 0 atom stereocenters. The monoisotopic (exact) mass is 299 g/mol. The average molecular weight is 299 g/mol. The van der Waals surface area contributed by atoms with Crippen LogP contribution < -0.4 is 5.32 Å². The molecule has 0 amide bonds. The van der Waals surface area contributed by atoms with Gasteiger partial charge in [0.05, 0.1) is 10.6 Å². The summed E-state index contributed by atoms with van der Waals surface area (Å²) in [4.78, 5) is 9.71. The summed E-state index contributed by atoms with van der Waals surface area (Å²) in [7, 11) is 0. The first-order valence-corrected chi connectivity index (χ1v) is 7.45. The van der Waals surface area contributed by atoms with Crippen molar-refractivity contribution in [2.24, 2.45) is 0 Å². The van der Waals surface area contributed by atoms with Crippen molar-refractivity contribution in [1.29, 1.82) is 0 Å². The Kier molecular flexibility index (Phi) is 4.33. The van der Waals surface area contributed by atoms with Gasteiger partial charge >= 0.3 is 0 Å². The number of hydrogen-bond acceptors (Lipinski definition) is 4. The molecule has 5 heteroatoms. The van der Waals surface area contributed by atoms with Crippen molar-refractivity contribution >= 4 is 11.3 Å². The van der Waals surface area contributed by atoms with Crippen molar-refractivity contribution in [2.45, 2.75) is 13.1 Å². The first-order chi connectivity index (χ1) is 10.3. The molecule has 0 spiro atoms. The molecule has 1 aromatic carbocycles. The predicted octanol–water partition coefficient (Wildman–Crippen LogP) is 3.63. The van der Waals surface area contributed by atoms with E-state index in [2.05, 4.69) is 15.3 Å². The van der Waals surface area contributed by atoms with Crippen LogP contribution in [0.3, 0.4) is 0 Å². The number of rotatable bonds is 5. The van der Waals surface area contributed by atoms with Gasteiger partial charge in [-0.15, -0.1) is 11.3 Å². The molecular weight excluding hydrogens is 285 g/mol. The molecule has 3 aromatic rings. The summed E-state index contributed by atoms with van der Waals surface area (Å²) in [6.07, 6.45) is 3.60. The Labute approximate surface area is 126 Å². The van der Waals surface area contributed by atoms with Crippen LogP contribution in [0.5, 0.6) is 0 Å². The van der Waals surface area contributed by atoms with Gasteiger partial charge in [-0.3, -0.25) is 4.98 Å². The second kappa shape index (κ2) is 6.56. The Hall–Kier alpha value is -2.11. The van der Waals surface area contributed by atoms with Crippen LogP contribution in [0.25, 0.3) is 10.6 Å². The molecule has 106 valence electrons. The molecule has 0 radical (unpaired) electrons. The van der Waals surface area contributed by atoms with Crippen LogP contribution in [0, 0.1) is 5.82 Å². The largest absolute Gasteiger partial charge is 0.306 e. The molecule has 2 heterocycles. The van der Waals surface area contributed by atoms with E-state index in [1.807, 2.05) is 30.5 Å². The molecule has 0 saturated carbocycles. The Morgan fingerprint density at radius 1 is 1.00 bits per heavy atom. The Morgan fingerprint density at radius 2 is 1.86 bits per heavy atom. The lowest BCUT2D eigenvalue weighted by molar-refractivity contribution is 0.587. The van der Waals surface area contributed by atoms with Crippen LogP contribution in [0.15, 0.2) is 54.9 Å². The van der Waals surface area contributed by atoms with Crippen LogP contribution in [-0.2, 0) is 13.1 Å². The van der Waals surface area contributed by atoms with E-state index in [1.165, 1.54) is 6.07 Å². The van der Waals surface area contributed by atoms with Gasteiger partial charge in [0.1, 0.15) is 10.8 Å². The zero-order valence-corrected chi connectivity index (χ0v) is 12.1. The summed E-state index contributed by atoms with van der Waals surface area (Å²) in [5, 5.41) is 4.18. The van der Waals surface area contributed by atoms with E-state index in [9.17, 15) is 4.39 Å². The van der Waals surface area contributed by atoms with Crippen molar-refractivity contribution in [2.75, 3.05) is 0 Å². The first kappa shape index (κ1) is 13.9. The summed E-state index contributed by atoms with van der Waals surface area (Å²) in [6, 6.07) is 12.6. The fourth-order valence-corrected chi connectivity index (χ4v) is 2.83. The molecule has 0 aliphatic heterocycles. The van der Waals surface area contributed by atoms with Crippen LogP contribution >= 0.6 is 11.3 Å². The molecule has 0 saturated heterocycles. The highest BCUT2D eigenvalue weighted by Gasteiger charge is 2.05. The lowest BCUT2D eigenvalue weighted by Crippen LogP contribution is -2.13. The number of nitrogens with zero attached hydrogens (tertiary/aromatic N) is 2. The van der Waals surface area contributed by atoms with E-state index in [-0.39, 0.29) is 5.82 Å². The fourth-order valence-electron chi connectivity index (χ4n) is 1.96. The van der Waals surface area contributed by atoms with E-state index >= 15 is 0 Å². The van der Waals surface area contributed by atoms with Gasteiger partial charge in [-0.25, -0.2) is 9.37 Å². The minimum atomic E-state index is -0.182. The van der Waals surface area contributed by atoms with Crippen LogP contribution in [0.2, 0.25) is 0 Å². The molecule has 1 N–H and O–H groups in total. The van der Waals surface area contributed by atoms with Crippen molar-refractivity contribution in [1.82, 2.24) is 15.3 Å². The molecule has 0 unspecified atom stereocenters. The minimum Gasteiger partial charge on any atom is -0.306 e. The Balaban J connectivity index is 1.60.